The summed E-state index contributed by atoms with van der Waals surface area (Å²) in [5.74, 6) is 0. The highest BCUT2D eigenvalue weighted by atomic mass is 14.4. The molecule has 0 heterocycles. The number of hydrogen-bond donors (Lipinski definition) is 0. The van der Waals surface area contributed by atoms with Crippen LogP contribution in [0, 0.1) is 11.5 Å². The Balaban J connectivity index is 1.55. The van der Waals surface area contributed by atoms with E-state index in [0.29, 0.717) is 0 Å². The number of rotatable bonds is 10. The molecule has 0 fully saturated rings. The first-order valence-electron chi connectivity index (χ1n) is 14.3. The first-order chi connectivity index (χ1) is 19.8. The minimum absolute atomic E-state index is 0.229. The molecule has 0 heteroatoms. The lowest BCUT2D eigenvalue weighted by atomic mass is 9.70. The van der Waals surface area contributed by atoms with Crippen molar-refractivity contribution in [2.24, 2.45) is 5.41 Å². The summed E-state index contributed by atoms with van der Waals surface area (Å²) in [6.45, 7) is 0. The molecule has 5 aromatic carbocycles. The largest absolute Gasteiger partial charge is 0.0622 e. The molecular formula is C40H35. The summed E-state index contributed by atoms with van der Waals surface area (Å²) in [6.07, 6.45) is 8.84. The normalized spacial score (nSPS) is 14.2. The smallest absolute Gasteiger partial charge is 0.0257 e. The van der Waals surface area contributed by atoms with Gasteiger partial charge in [-0.2, -0.15) is 0 Å². The summed E-state index contributed by atoms with van der Waals surface area (Å²) in [4.78, 5) is 0. The van der Waals surface area contributed by atoms with E-state index in [1.807, 2.05) is 0 Å². The van der Waals surface area contributed by atoms with Crippen molar-refractivity contribution in [2.45, 2.75) is 32.1 Å². The van der Waals surface area contributed by atoms with Gasteiger partial charge < -0.3 is 0 Å². The Bertz CT molecular complexity index is 1520. The minimum Gasteiger partial charge on any atom is -0.0622 e. The van der Waals surface area contributed by atoms with Crippen molar-refractivity contribution in [2.75, 3.05) is 0 Å². The lowest BCUT2D eigenvalue weighted by Crippen LogP contribution is -2.27. The fraction of sp³-hybridized carbons (Fsp3) is 0.150. The molecule has 40 heavy (non-hydrogen) atoms. The maximum Gasteiger partial charge on any atom is 0.0257 e. The fourth-order valence-electron chi connectivity index (χ4n) is 6.20. The van der Waals surface area contributed by atoms with Crippen LogP contribution in [0.5, 0.6) is 0 Å². The molecule has 0 unspecified atom stereocenters. The maximum absolute atomic E-state index is 4.23. The molecule has 0 bridgehead atoms. The van der Waals surface area contributed by atoms with Gasteiger partial charge in [-0.05, 0) is 77.1 Å². The van der Waals surface area contributed by atoms with E-state index in [4.69, 9.17) is 0 Å². The van der Waals surface area contributed by atoms with Gasteiger partial charge in [0.25, 0.3) is 0 Å². The quantitative estimate of drug-likeness (QED) is 0.174. The van der Waals surface area contributed by atoms with Crippen LogP contribution in [0.4, 0.5) is 0 Å². The van der Waals surface area contributed by atoms with E-state index >= 15 is 0 Å². The van der Waals surface area contributed by atoms with E-state index in [0.717, 1.165) is 32.1 Å². The lowest BCUT2D eigenvalue weighted by Gasteiger charge is -2.32. The maximum atomic E-state index is 4.23. The van der Waals surface area contributed by atoms with Crippen LogP contribution in [0.25, 0.3) is 0 Å². The Kier molecular flexibility index (Phi) is 7.87. The van der Waals surface area contributed by atoms with E-state index in [1.165, 1.54) is 44.5 Å². The van der Waals surface area contributed by atoms with Gasteiger partial charge in [-0.25, -0.2) is 0 Å². The van der Waals surface area contributed by atoms with E-state index in [1.54, 1.807) is 0 Å². The zero-order valence-electron chi connectivity index (χ0n) is 23.0. The molecule has 0 amide bonds. The zero-order chi connectivity index (χ0) is 27.0. The van der Waals surface area contributed by atoms with Gasteiger partial charge >= 0.3 is 0 Å². The van der Waals surface area contributed by atoms with E-state index in [9.17, 15) is 0 Å². The highest BCUT2D eigenvalue weighted by Gasteiger charge is 2.40. The molecule has 1 aliphatic rings. The third kappa shape index (κ3) is 6.08. The second-order valence-electron chi connectivity index (χ2n) is 11.0. The Morgan fingerprint density at radius 2 is 0.725 bits per heavy atom. The van der Waals surface area contributed by atoms with Gasteiger partial charge in [-0.15, -0.1) is 0 Å². The molecule has 0 spiro atoms. The van der Waals surface area contributed by atoms with Gasteiger partial charge in [0.05, 0.1) is 0 Å². The standard InChI is InChI=1S/C40H35/c1-6-16-32(17-7-1)26-37-31-40(29-35-22-12-4-13-23-35,30-36-24-14-5-15-25-36)39(28-34-20-10-3-11-21-34)38(37)27-33-18-8-2-9-19-33/h1-25H,26-30H2. The zero-order valence-corrected chi connectivity index (χ0v) is 23.0. The molecule has 1 radical (unpaired) electrons. The molecule has 0 saturated carbocycles. The van der Waals surface area contributed by atoms with Crippen LogP contribution in [0.2, 0.25) is 0 Å². The van der Waals surface area contributed by atoms with Crippen LogP contribution in [-0.4, -0.2) is 0 Å². The first kappa shape index (κ1) is 25.8. The van der Waals surface area contributed by atoms with Crippen molar-refractivity contribution < 1.29 is 0 Å². The van der Waals surface area contributed by atoms with Gasteiger partial charge in [0, 0.05) is 5.41 Å². The van der Waals surface area contributed by atoms with Crippen molar-refractivity contribution >= 4 is 0 Å². The van der Waals surface area contributed by atoms with E-state index < -0.39 is 0 Å². The Labute approximate surface area is 239 Å². The molecule has 0 N–H and O–H groups in total. The van der Waals surface area contributed by atoms with Gasteiger partial charge in [-0.3, -0.25) is 0 Å². The fourth-order valence-corrected chi connectivity index (χ4v) is 6.20. The third-order valence-corrected chi connectivity index (χ3v) is 8.07. The van der Waals surface area contributed by atoms with E-state index in [-0.39, 0.29) is 5.41 Å². The van der Waals surface area contributed by atoms with Gasteiger partial charge in [0.1, 0.15) is 0 Å². The summed E-state index contributed by atoms with van der Waals surface area (Å²) in [5.41, 5.74) is 10.9. The predicted octanol–water partition coefficient (Wildman–Crippen LogP) is 9.23. The summed E-state index contributed by atoms with van der Waals surface area (Å²) >= 11 is 0. The van der Waals surface area contributed by atoms with Crippen LogP contribution in [0.1, 0.15) is 27.8 Å². The van der Waals surface area contributed by atoms with Gasteiger partial charge in [0.2, 0.25) is 0 Å². The summed E-state index contributed by atoms with van der Waals surface area (Å²) < 4.78 is 0. The average molecular weight is 516 g/mol. The summed E-state index contributed by atoms with van der Waals surface area (Å²) in [7, 11) is 0. The van der Waals surface area contributed by atoms with Gasteiger partial charge in [-0.1, -0.05) is 157 Å². The highest BCUT2D eigenvalue weighted by molar-refractivity contribution is 5.53. The van der Waals surface area contributed by atoms with Gasteiger partial charge in [0.15, 0.2) is 0 Å². The molecular weight excluding hydrogens is 480 g/mol. The van der Waals surface area contributed by atoms with Crippen molar-refractivity contribution in [3.8, 4) is 0 Å². The molecule has 0 aliphatic heterocycles. The minimum atomic E-state index is -0.229. The van der Waals surface area contributed by atoms with E-state index in [2.05, 4.69) is 158 Å². The lowest BCUT2D eigenvalue weighted by molar-refractivity contribution is 0.433. The topological polar surface area (TPSA) is 0 Å². The second-order valence-corrected chi connectivity index (χ2v) is 11.0. The molecule has 1 aliphatic carbocycles. The Hall–Kier alpha value is -4.42. The molecule has 0 atom stereocenters. The van der Waals surface area contributed by atoms with Crippen LogP contribution >= 0.6 is 0 Å². The van der Waals surface area contributed by atoms with Crippen molar-refractivity contribution in [3.05, 3.63) is 202 Å². The third-order valence-electron chi connectivity index (χ3n) is 8.07. The van der Waals surface area contributed by atoms with Crippen LogP contribution < -0.4 is 0 Å². The van der Waals surface area contributed by atoms with Crippen molar-refractivity contribution in [1.29, 1.82) is 0 Å². The second kappa shape index (κ2) is 12.2. The monoisotopic (exact) mass is 515 g/mol. The van der Waals surface area contributed by atoms with Crippen molar-refractivity contribution in [3.63, 3.8) is 0 Å². The van der Waals surface area contributed by atoms with Crippen LogP contribution in [-0.2, 0) is 32.1 Å². The van der Waals surface area contributed by atoms with Crippen LogP contribution in [0.15, 0.2) is 168 Å². The van der Waals surface area contributed by atoms with Crippen molar-refractivity contribution in [1.82, 2.24) is 0 Å². The molecule has 6 rings (SSSR count). The number of benzene rings is 5. The number of allylic oxidation sites excluding steroid dienone is 4. The summed E-state index contributed by atoms with van der Waals surface area (Å²) in [6, 6.07) is 54.9. The molecule has 195 valence electrons. The Morgan fingerprint density at radius 3 is 1.15 bits per heavy atom. The van der Waals surface area contributed by atoms with Crippen LogP contribution in [0.3, 0.4) is 0 Å². The molecule has 0 nitrogen and oxygen atoms in total. The molecule has 5 aromatic rings. The first-order valence-corrected chi connectivity index (χ1v) is 14.3. The summed E-state index contributed by atoms with van der Waals surface area (Å²) in [5, 5.41) is 0. The SMILES string of the molecule is [C]1=C(Cc2ccccc2)C(Cc2ccccc2)=C(Cc2ccccc2)C1(Cc1ccccc1)Cc1ccccc1. The Morgan fingerprint density at radius 1 is 0.375 bits per heavy atom. The predicted molar refractivity (Wildman–Crippen MR) is 167 cm³/mol. The number of hydrogen-bond acceptors (Lipinski definition) is 0. The average Bonchev–Trinajstić information content (AvgIpc) is 3.26. The highest BCUT2D eigenvalue weighted by Crippen LogP contribution is 2.48. The molecule has 0 saturated heterocycles. The molecule has 0 aromatic heterocycles.